The molecule has 0 saturated heterocycles. The molecule has 0 bridgehead atoms. The fourth-order valence-corrected chi connectivity index (χ4v) is 4.88. The summed E-state index contributed by atoms with van der Waals surface area (Å²) in [4.78, 5) is 0. The Bertz CT molecular complexity index is 389. The largest absolute Gasteiger partial charge is 0.392 e. The van der Waals surface area contributed by atoms with E-state index in [0.29, 0.717) is 0 Å². The SMILES string of the molecule is C=C(C)C(C)(CC/C(C)=C(\C)C[Si](C)(C)C)C(O)CCCC. The van der Waals surface area contributed by atoms with Crippen LogP contribution in [0.25, 0.3) is 0 Å². The van der Waals surface area contributed by atoms with Crippen molar-refractivity contribution in [2.75, 3.05) is 0 Å². The van der Waals surface area contributed by atoms with Crippen LogP contribution in [0.2, 0.25) is 25.7 Å². The first-order valence-electron chi connectivity index (χ1n) is 8.93. The summed E-state index contributed by atoms with van der Waals surface area (Å²) in [6, 6.07) is 1.28. The van der Waals surface area contributed by atoms with E-state index >= 15 is 0 Å². The van der Waals surface area contributed by atoms with E-state index in [-0.39, 0.29) is 11.5 Å². The first kappa shape index (κ1) is 21.7. The molecule has 0 heterocycles. The molecule has 0 aliphatic heterocycles. The lowest BCUT2D eigenvalue weighted by Gasteiger charge is -2.36. The molecule has 0 aromatic carbocycles. The molecule has 0 aromatic rings. The van der Waals surface area contributed by atoms with Crippen LogP contribution in [0.15, 0.2) is 23.3 Å². The van der Waals surface area contributed by atoms with Crippen molar-refractivity contribution < 1.29 is 5.11 Å². The minimum Gasteiger partial charge on any atom is -0.392 e. The number of hydrogen-bond acceptors (Lipinski definition) is 1. The lowest BCUT2D eigenvalue weighted by molar-refractivity contribution is 0.0478. The van der Waals surface area contributed by atoms with Crippen LogP contribution in [-0.2, 0) is 0 Å². The summed E-state index contributed by atoms with van der Waals surface area (Å²) in [5.41, 5.74) is 4.03. The summed E-state index contributed by atoms with van der Waals surface area (Å²) in [5.74, 6) is 0. The molecule has 0 aliphatic rings. The van der Waals surface area contributed by atoms with Gasteiger partial charge in [-0.15, -0.1) is 0 Å². The molecule has 2 unspecified atom stereocenters. The second-order valence-corrected chi connectivity index (χ2v) is 14.1. The van der Waals surface area contributed by atoms with Crippen molar-refractivity contribution in [1.29, 1.82) is 0 Å². The zero-order valence-electron chi connectivity index (χ0n) is 16.5. The third-order valence-electron chi connectivity index (χ3n) is 5.08. The summed E-state index contributed by atoms with van der Waals surface area (Å²) in [7, 11) is -1.04. The third-order valence-corrected chi connectivity index (χ3v) is 6.68. The normalized spacial score (nSPS) is 17.7. The van der Waals surface area contributed by atoms with Crippen LogP contribution in [0.3, 0.4) is 0 Å². The molecule has 0 amide bonds. The van der Waals surface area contributed by atoms with Crippen LogP contribution >= 0.6 is 0 Å². The van der Waals surface area contributed by atoms with E-state index in [2.05, 4.69) is 60.8 Å². The zero-order chi connectivity index (χ0) is 17.6. The van der Waals surface area contributed by atoms with Gasteiger partial charge in [0.1, 0.15) is 0 Å². The van der Waals surface area contributed by atoms with Gasteiger partial charge >= 0.3 is 0 Å². The van der Waals surface area contributed by atoms with Crippen LogP contribution in [0, 0.1) is 5.41 Å². The minimum atomic E-state index is -1.04. The highest BCUT2D eigenvalue weighted by atomic mass is 28.3. The maximum atomic E-state index is 10.6. The highest BCUT2D eigenvalue weighted by molar-refractivity contribution is 6.76. The van der Waals surface area contributed by atoms with Crippen molar-refractivity contribution >= 4 is 8.07 Å². The van der Waals surface area contributed by atoms with Gasteiger partial charge in [-0.3, -0.25) is 0 Å². The number of hydrogen-bond donors (Lipinski definition) is 1. The molecule has 1 nitrogen and oxygen atoms in total. The van der Waals surface area contributed by atoms with Crippen molar-refractivity contribution in [3.63, 3.8) is 0 Å². The Morgan fingerprint density at radius 1 is 1.14 bits per heavy atom. The molecule has 22 heavy (non-hydrogen) atoms. The van der Waals surface area contributed by atoms with Crippen LogP contribution in [0.5, 0.6) is 0 Å². The molecule has 130 valence electrons. The Balaban J connectivity index is 4.91. The second-order valence-electron chi connectivity index (χ2n) is 8.65. The molecule has 0 spiro atoms. The average Bonchev–Trinajstić information content (AvgIpc) is 2.39. The van der Waals surface area contributed by atoms with Crippen LogP contribution < -0.4 is 0 Å². The molecule has 0 aliphatic carbocycles. The van der Waals surface area contributed by atoms with Crippen LogP contribution in [0.4, 0.5) is 0 Å². The van der Waals surface area contributed by atoms with Crippen molar-refractivity contribution in [3.8, 4) is 0 Å². The van der Waals surface area contributed by atoms with Gasteiger partial charge in [0.25, 0.3) is 0 Å². The van der Waals surface area contributed by atoms with Gasteiger partial charge < -0.3 is 5.11 Å². The van der Waals surface area contributed by atoms with Crippen molar-refractivity contribution in [1.82, 2.24) is 0 Å². The molecule has 0 aromatic heterocycles. The van der Waals surface area contributed by atoms with E-state index in [0.717, 1.165) is 37.7 Å². The molecular formula is C20H40OSi. The average molecular weight is 325 g/mol. The van der Waals surface area contributed by atoms with Crippen molar-refractivity contribution in [2.24, 2.45) is 5.41 Å². The number of aliphatic hydroxyl groups excluding tert-OH is 1. The molecular weight excluding hydrogens is 284 g/mol. The Labute approximate surface area is 140 Å². The first-order valence-corrected chi connectivity index (χ1v) is 12.6. The Kier molecular flexibility index (Phi) is 8.93. The molecule has 0 radical (unpaired) electrons. The first-order chi connectivity index (χ1) is 9.94. The van der Waals surface area contributed by atoms with Crippen LogP contribution in [-0.4, -0.2) is 19.3 Å². The van der Waals surface area contributed by atoms with E-state index in [9.17, 15) is 5.11 Å². The van der Waals surface area contributed by atoms with Gasteiger partial charge in [0, 0.05) is 13.5 Å². The number of unbranched alkanes of at least 4 members (excludes halogenated alkanes) is 1. The molecule has 2 atom stereocenters. The highest BCUT2D eigenvalue weighted by Gasteiger charge is 2.33. The smallest absolute Gasteiger partial charge is 0.0630 e. The van der Waals surface area contributed by atoms with Crippen molar-refractivity contribution in [3.05, 3.63) is 23.3 Å². The highest BCUT2D eigenvalue weighted by Crippen LogP contribution is 2.38. The lowest BCUT2D eigenvalue weighted by atomic mass is 9.72. The predicted octanol–water partition coefficient (Wildman–Crippen LogP) is 6.57. The van der Waals surface area contributed by atoms with E-state index in [1.54, 1.807) is 5.57 Å². The topological polar surface area (TPSA) is 20.2 Å². The van der Waals surface area contributed by atoms with Gasteiger partial charge in [-0.05, 0) is 46.1 Å². The van der Waals surface area contributed by atoms with Gasteiger partial charge in [0.15, 0.2) is 0 Å². The Morgan fingerprint density at radius 3 is 2.09 bits per heavy atom. The van der Waals surface area contributed by atoms with Crippen LogP contribution in [0.1, 0.15) is 66.7 Å². The fourth-order valence-electron chi connectivity index (χ4n) is 2.99. The van der Waals surface area contributed by atoms with E-state index in [1.807, 2.05) is 0 Å². The molecule has 0 rings (SSSR count). The zero-order valence-corrected chi connectivity index (χ0v) is 17.5. The summed E-state index contributed by atoms with van der Waals surface area (Å²) in [5, 5.41) is 10.6. The van der Waals surface area contributed by atoms with Gasteiger partial charge in [0.2, 0.25) is 0 Å². The summed E-state index contributed by atoms with van der Waals surface area (Å²) in [6.45, 7) is 22.5. The second kappa shape index (κ2) is 9.07. The maximum Gasteiger partial charge on any atom is 0.0630 e. The monoisotopic (exact) mass is 324 g/mol. The quantitative estimate of drug-likeness (QED) is 0.355. The number of rotatable bonds is 10. The van der Waals surface area contributed by atoms with Gasteiger partial charge in [-0.25, -0.2) is 0 Å². The minimum absolute atomic E-state index is 0.157. The maximum absolute atomic E-state index is 10.6. The fraction of sp³-hybridized carbons (Fsp3) is 0.800. The van der Waals surface area contributed by atoms with E-state index < -0.39 is 8.07 Å². The predicted molar refractivity (Wildman–Crippen MR) is 104 cm³/mol. The van der Waals surface area contributed by atoms with Gasteiger partial charge in [-0.1, -0.05) is 69.6 Å². The van der Waals surface area contributed by atoms with Gasteiger partial charge in [0.05, 0.1) is 6.10 Å². The molecule has 0 fully saturated rings. The Morgan fingerprint density at radius 2 is 1.68 bits per heavy atom. The summed E-state index contributed by atoms with van der Waals surface area (Å²) < 4.78 is 0. The number of aliphatic hydroxyl groups is 1. The van der Waals surface area contributed by atoms with E-state index in [1.165, 1.54) is 11.6 Å². The summed E-state index contributed by atoms with van der Waals surface area (Å²) in [6.07, 6.45) is 4.92. The Hall–Kier alpha value is -0.343. The standard InChI is InChI=1S/C20H40OSi/c1-10-11-12-19(21)20(6,16(2)3)14-13-17(4)18(5)15-22(7,8)9/h19,21H,2,10-15H2,1,3-9H3/b18-17+. The third kappa shape index (κ3) is 7.28. The lowest BCUT2D eigenvalue weighted by Crippen LogP contribution is -2.33. The number of allylic oxidation sites excluding steroid dienone is 2. The van der Waals surface area contributed by atoms with Crippen molar-refractivity contribution in [2.45, 2.75) is 98.5 Å². The summed E-state index contributed by atoms with van der Waals surface area (Å²) >= 11 is 0. The molecule has 0 saturated carbocycles. The molecule has 1 N–H and O–H groups in total. The van der Waals surface area contributed by atoms with E-state index in [4.69, 9.17) is 0 Å². The molecule has 2 heteroatoms. The van der Waals surface area contributed by atoms with Gasteiger partial charge in [-0.2, -0.15) is 0 Å².